The number of hydrogen-bond donors (Lipinski definition) is 1. The van der Waals surface area contributed by atoms with E-state index in [0.29, 0.717) is 18.7 Å². The molecule has 0 amide bonds. The Balaban J connectivity index is 1.64. The summed E-state index contributed by atoms with van der Waals surface area (Å²) < 4.78 is 15.5. The van der Waals surface area contributed by atoms with Gasteiger partial charge in [0.25, 0.3) is 5.56 Å². The molecule has 1 aliphatic heterocycles. The first kappa shape index (κ1) is 17.7. The molecule has 1 N–H and O–H groups in total. The maximum Gasteiger partial charge on any atom is 0.285 e. The number of fused-ring (bicyclic) bond motifs is 1. The molecule has 0 unspecified atom stereocenters. The van der Waals surface area contributed by atoms with E-state index in [1.807, 2.05) is 31.0 Å². The van der Waals surface area contributed by atoms with Gasteiger partial charge in [-0.25, -0.2) is 14.5 Å². The van der Waals surface area contributed by atoms with Crippen LogP contribution in [0.5, 0.6) is 0 Å². The predicted octanol–water partition coefficient (Wildman–Crippen LogP) is 3.24. The topological polar surface area (TPSA) is 66.8 Å². The molecule has 0 radical (unpaired) electrons. The van der Waals surface area contributed by atoms with Gasteiger partial charge in [-0.15, -0.1) is 0 Å². The van der Waals surface area contributed by atoms with Gasteiger partial charge in [0.1, 0.15) is 16.7 Å². The molecule has 1 aliphatic rings. The monoisotopic (exact) mass is 387 g/mol. The van der Waals surface area contributed by atoms with Gasteiger partial charge >= 0.3 is 0 Å². The molecule has 0 saturated carbocycles. The zero-order chi connectivity index (χ0) is 19.1. The number of aryl methyl sites for hydroxylation is 1. The average Bonchev–Trinajstić information content (AvgIpc) is 3.04. The zero-order valence-electron chi connectivity index (χ0n) is 15.0. The van der Waals surface area contributed by atoms with Gasteiger partial charge in [-0.05, 0) is 37.1 Å². The minimum atomic E-state index is -0.400. The number of H-pyrrole nitrogens is 1. The lowest BCUT2D eigenvalue weighted by atomic mass is 10.0. The number of rotatable bonds is 3. The van der Waals surface area contributed by atoms with Crippen molar-refractivity contribution in [3.63, 3.8) is 0 Å². The molecule has 0 fully saturated rings. The smallest absolute Gasteiger partial charge is 0.285 e. The lowest BCUT2D eigenvalue weighted by Crippen LogP contribution is -2.38. The van der Waals surface area contributed by atoms with Gasteiger partial charge in [-0.3, -0.25) is 4.79 Å². The largest absolute Gasteiger partial charge is 0.357 e. The number of imidazole rings is 1. The van der Waals surface area contributed by atoms with Crippen LogP contribution in [0.25, 0.3) is 0 Å². The van der Waals surface area contributed by atoms with Crippen LogP contribution in [0.2, 0.25) is 5.02 Å². The van der Waals surface area contributed by atoms with Crippen molar-refractivity contribution < 1.29 is 4.39 Å². The fourth-order valence-electron chi connectivity index (χ4n) is 3.66. The molecule has 6 nitrogen and oxygen atoms in total. The van der Waals surface area contributed by atoms with Gasteiger partial charge in [0.05, 0.1) is 17.9 Å². The molecule has 0 aliphatic carbocycles. The van der Waals surface area contributed by atoms with E-state index in [9.17, 15) is 9.18 Å². The highest BCUT2D eigenvalue weighted by atomic mass is 35.5. The number of aromatic amines is 1. The molecule has 1 atom stereocenters. The summed E-state index contributed by atoms with van der Waals surface area (Å²) in [5.41, 5.74) is 3.30. The highest BCUT2D eigenvalue weighted by Crippen LogP contribution is 2.33. The molecule has 0 saturated heterocycles. The lowest BCUT2D eigenvalue weighted by Gasteiger charge is -2.36. The Morgan fingerprint density at radius 2 is 2.15 bits per heavy atom. The van der Waals surface area contributed by atoms with E-state index in [4.69, 9.17) is 11.6 Å². The first-order valence-electron chi connectivity index (χ1n) is 8.75. The first-order valence-corrected chi connectivity index (χ1v) is 9.12. The van der Waals surface area contributed by atoms with Crippen LogP contribution in [0, 0.1) is 12.7 Å². The maximum absolute atomic E-state index is 13.4. The quantitative estimate of drug-likeness (QED) is 0.749. The summed E-state index contributed by atoms with van der Waals surface area (Å²) in [6.45, 7) is 5.35. The zero-order valence-corrected chi connectivity index (χ0v) is 15.8. The van der Waals surface area contributed by atoms with Crippen LogP contribution in [0.4, 0.5) is 10.1 Å². The first-order chi connectivity index (χ1) is 13.0. The number of nitrogens with zero attached hydrogens (tertiary/aromatic N) is 4. The van der Waals surface area contributed by atoms with Gasteiger partial charge < -0.3 is 9.47 Å². The van der Waals surface area contributed by atoms with Crippen molar-refractivity contribution in [3.8, 4) is 0 Å². The molecular formula is C19H19ClFN5O. The Labute approximate surface area is 160 Å². The maximum atomic E-state index is 13.4. The van der Waals surface area contributed by atoms with E-state index >= 15 is 0 Å². The van der Waals surface area contributed by atoms with E-state index in [0.717, 1.165) is 29.2 Å². The fraction of sp³-hybridized carbons (Fsp3) is 0.316. The molecule has 140 valence electrons. The Hall–Kier alpha value is -2.67. The second-order valence-corrected chi connectivity index (χ2v) is 7.15. The Bertz CT molecular complexity index is 1060. The van der Waals surface area contributed by atoms with Crippen molar-refractivity contribution in [2.75, 3.05) is 11.4 Å². The molecule has 0 spiro atoms. The third-order valence-corrected chi connectivity index (χ3v) is 5.50. The summed E-state index contributed by atoms with van der Waals surface area (Å²) in [6.07, 6.45) is 4.14. The highest BCUT2D eigenvalue weighted by Gasteiger charge is 2.29. The number of aromatic nitrogens is 4. The van der Waals surface area contributed by atoms with Crippen LogP contribution < -0.4 is 10.5 Å². The SMILES string of the molecule is Cc1cc(F)ccc1Cc1cnc2n1CCN(c1cn[nH]c(=O)c1Cl)[C@H]2C. The van der Waals surface area contributed by atoms with E-state index in [1.165, 1.54) is 6.07 Å². The summed E-state index contributed by atoms with van der Waals surface area (Å²) in [5, 5.41) is 6.35. The molecular weight excluding hydrogens is 369 g/mol. The summed E-state index contributed by atoms with van der Waals surface area (Å²) in [7, 11) is 0. The second kappa shape index (κ2) is 6.81. The lowest BCUT2D eigenvalue weighted by molar-refractivity contribution is 0.487. The number of hydrogen-bond acceptors (Lipinski definition) is 4. The predicted molar refractivity (Wildman–Crippen MR) is 102 cm³/mol. The van der Waals surface area contributed by atoms with E-state index in [2.05, 4.69) is 19.7 Å². The van der Waals surface area contributed by atoms with Crippen LogP contribution >= 0.6 is 11.6 Å². The van der Waals surface area contributed by atoms with Crippen molar-refractivity contribution in [1.29, 1.82) is 0 Å². The molecule has 1 aromatic carbocycles. The van der Waals surface area contributed by atoms with Crippen molar-refractivity contribution in [2.24, 2.45) is 0 Å². The van der Waals surface area contributed by atoms with Gasteiger partial charge in [0.15, 0.2) is 0 Å². The van der Waals surface area contributed by atoms with Gasteiger partial charge in [-0.2, -0.15) is 5.10 Å². The number of halogens is 2. The van der Waals surface area contributed by atoms with Gasteiger partial charge in [0.2, 0.25) is 0 Å². The number of benzene rings is 1. The number of nitrogens with one attached hydrogen (secondary N) is 1. The summed E-state index contributed by atoms with van der Waals surface area (Å²) >= 11 is 6.18. The van der Waals surface area contributed by atoms with E-state index in [1.54, 1.807) is 12.3 Å². The molecule has 0 bridgehead atoms. The number of anilines is 1. The third kappa shape index (κ3) is 3.12. The van der Waals surface area contributed by atoms with E-state index in [-0.39, 0.29) is 16.9 Å². The average molecular weight is 388 g/mol. The van der Waals surface area contributed by atoms with E-state index < -0.39 is 5.56 Å². The fourth-order valence-corrected chi connectivity index (χ4v) is 3.86. The molecule has 3 heterocycles. The Morgan fingerprint density at radius 1 is 1.33 bits per heavy atom. The normalized spacial score (nSPS) is 16.4. The standard InChI is InChI=1S/C19H19ClFN5O/c1-11-7-14(21)4-3-13(11)8-15-9-22-18-12(2)25(5-6-26(15)18)16-10-23-24-19(27)17(16)20/h3-4,7,9-10,12H,5-6,8H2,1-2H3,(H,24,27)/t12-/m0/s1. The van der Waals surface area contributed by atoms with Crippen molar-refractivity contribution in [1.82, 2.24) is 19.7 Å². The summed E-state index contributed by atoms with van der Waals surface area (Å²) in [6, 6.07) is 4.81. The van der Waals surface area contributed by atoms with Crippen LogP contribution in [0.3, 0.4) is 0 Å². The van der Waals surface area contributed by atoms with Crippen LogP contribution in [0.1, 0.15) is 35.6 Å². The second-order valence-electron chi connectivity index (χ2n) is 6.77. The van der Waals surface area contributed by atoms with Gasteiger partial charge in [0, 0.05) is 31.4 Å². The molecule has 27 heavy (non-hydrogen) atoms. The summed E-state index contributed by atoms with van der Waals surface area (Å²) in [5.74, 6) is 0.687. The van der Waals surface area contributed by atoms with Crippen molar-refractivity contribution in [2.45, 2.75) is 32.9 Å². The highest BCUT2D eigenvalue weighted by molar-refractivity contribution is 6.33. The van der Waals surface area contributed by atoms with Crippen LogP contribution in [-0.4, -0.2) is 26.3 Å². The van der Waals surface area contributed by atoms with Gasteiger partial charge in [-0.1, -0.05) is 17.7 Å². The Morgan fingerprint density at radius 3 is 2.93 bits per heavy atom. The van der Waals surface area contributed by atoms with Crippen molar-refractivity contribution in [3.05, 3.63) is 74.4 Å². The minimum absolute atomic E-state index is 0.0529. The third-order valence-electron chi connectivity index (χ3n) is 5.14. The Kier molecular flexibility index (Phi) is 4.47. The molecule has 4 rings (SSSR count). The summed E-state index contributed by atoms with van der Waals surface area (Å²) in [4.78, 5) is 18.4. The van der Waals surface area contributed by atoms with Crippen molar-refractivity contribution >= 4 is 17.3 Å². The molecule has 3 aromatic rings. The van der Waals surface area contributed by atoms with Crippen LogP contribution in [0.15, 0.2) is 35.4 Å². The molecule has 2 aromatic heterocycles. The molecule has 8 heteroatoms. The van der Waals surface area contributed by atoms with Crippen LogP contribution in [-0.2, 0) is 13.0 Å². The minimum Gasteiger partial charge on any atom is -0.357 e.